The lowest BCUT2D eigenvalue weighted by molar-refractivity contribution is -0.143. The fourth-order valence-corrected chi connectivity index (χ4v) is 4.00. The van der Waals surface area contributed by atoms with E-state index in [0.29, 0.717) is 6.54 Å². The van der Waals surface area contributed by atoms with Gasteiger partial charge in [0.2, 0.25) is 11.8 Å². The predicted octanol–water partition coefficient (Wildman–Crippen LogP) is 1.91. The van der Waals surface area contributed by atoms with Crippen molar-refractivity contribution in [2.24, 2.45) is 5.92 Å². The van der Waals surface area contributed by atoms with Crippen LogP contribution in [0.2, 0.25) is 0 Å². The maximum atomic E-state index is 13.2. The van der Waals surface area contributed by atoms with E-state index in [1.54, 1.807) is 0 Å². The number of aromatic nitrogens is 2. The van der Waals surface area contributed by atoms with Gasteiger partial charge in [-0.15, -0.1) is 0 Å². The normalized spacial score (nSPS) is 23.6. The maximum absolute atomic E-state index is 13.2. The van der Waals surface area contributed by atoms with E-state index in [1.807, 2.05) is 24.2 Å². The number of aryl methyl sites for hydroxylation is 1. The van der Waals surface area contributed by atoms with E-state index in [9.17, 15) is 9.59 Å². The zero-order valence-corrected chi connectivity index (χ0v) is 14.9. The van der Waals surface area contributed by atoms with Crippen molar-refractivity contribution in [1.29, 1.82) is 0 Å². The smallest absolute Gasteiger partial charge is 0.248 e. The molecule has 24 heavy (non-hydrogen) atoms. The topological polar surface area (TPSA) is 67.2 Å². The zero-order chi connectivity index (χ0) is 17.3. The summed E-state index contributed by atoms with van der Waals surface area (Å²) in [6.45, 7) is 6.96. The first kappa shape index (κ1) is 17.0. The molecule has 1 saturated carbocycles. The Kier molecular flexibility index (Phi) is 4.65. The molecule has 6 nitrogen and oxygen atoms in total. The Labute approximate surface area is 143 Å². The number of hydrogen-bond acceptors (Lipinski definition) is 3. The maximum Gasteiger partial charge on any atom is 0.248 e. The fourth-order valence-electron chi connectivity index (χ4n) is 4.00. The number of nitrogens with zero attached hydrogens (tertiary/aromatic N) is 3. The first-order valence-corrected chi connectivity index (χ1v) is 9.05. The van der Waals surface area contributed by atoms with Gasteiger partial charge in [0.25, 0.3) is 0 Å². The second-order valence-electron chi connectivity index (χ2n) is 7.31. The number of rotatable bonds is 5. The Hall–Kier alpha value is -1.85. The van der Waals surface area contributed by atoms with Gasteiger partial charge in [0.1, 0.15) is 11.4 Å². The van der Waals surface area contributed by atoms with Crippen LogP contribution in [-0.2, 0) is 16.0 Å². The summed E-state index contributed by atoms with van der Waals surface area (Å²) >= 11 is 0. The van der Waals surface area contributed by atoms with Crippen LogP contribution in [0.4, 0.5) is 0 Å². The van der Waals surface area contributed by atoms with Gasteiger partial charge < -0.3 is 14.8 Å². The molecule has 0 unspecified atom stereocenters. The molecule has 2 aliphatic rings. The van der Waals surface area contributed by atoms with Crippen LogP contribution < -0.4 is 5.32 Å². The highest BCUT2D eigenvalue weighted by molar-refractivity contribution is 5.91. The van der Waals surface area contributed by atoms with E-state index >= 15 is 0 Å². The van der Waals surface area contributed by atoms with Crippen LogP contribution in [0.1, 0.15) is 58.3 Å². The third-order valence-corrected chi connectivity index (χ3v) is 5.42. The van der Waals surface area contributed by atoms with Crippen molar-refractivity contribution in [3.8, 4) is 0 Å². The minimum absolute atomic E-state index is 0.0723. The van der Waals surface area contributed by atoms with Gasteiger partial charge in [0.05, 0.1) is 6.04 Å². The molecule has 1 aliphatic carbocycles. The highest BCUT2D eigenvalue weighted by atomic mass is 16.2. The number of imidazole rings is 1. The molecular formula is C18H28N4O2. The Balaban J connectivity index is 1.76. The number of hydrogen-bond donors (Lipinski definition) is 1. The lowest BCUT2D eigenvalue weighted by Gasteiger charge is -2.40. The molecule has 2 atom stereocenters. The summed E-state index contributed by atoms with van der Waals surface area (Å²) in [5.41, 5.74) is -0.754. The molecule has 1 N–H and O–H groups in total. The van der Waals surface area contributed by atoms with Gasteiger partial charge in [-0.25, -0.2) is 4.98 Å². The van der Waals surface area contributed by atoms with Crippen molar-refractivity contribution < 1.29 is 9.59 Å². The Morgan fingerprint density at radius 3 is 2.75 bits per heavy atom. The molecule has 2 heterocycles. The molecule has 132 valence electrons. The van der Waals surface area contributed by atoms with Gasteiger partial charge >= 0.3 is 0 Å². The van der Waals surface area contributed by atoms with Crippen molar-refractivity contribution >= 4 is 11.8 Å². The second-order valence-corrected chi connectivity index (χ2v) is 7.31. The predicted molar refractivity (Wildman–Crippen MR) is 91.4 cm³/mol. The molecule has 0 radical (unpaired) electrons. The van der Waals surface area contributed by atoms with Crippen LogP contribution in [0, 0.1) is 5.92 Å². The fraction of sp³-hybridized carbons (Fsp3) is 0.722. The third-order valence-electron chi connectivity index (χ3n) is 5.42. The average Bonchev–Trinajstić information content (AvgIpc) is 3.32. The van der Waals surface area contributed by atoms with E-state index in [4.69, 9.17) is 0 Å². The Morgan fingerprint density at radius 2 is 2.12 bits per heavy atom. The monoisotopic (exact) mass is 332 g/mol. The number of piperidine rings is 1. The lowest BCUT2D eigenvalue weighted by atomic mass is 9.92. The summed E-state index contributed by atoms with van der Waals surface area (Å²) in [4.78, 5) is 31.2. The standard InChI is InChI=1S/C18H28N4O2/c1-4-16-19-9-11-22(16)15-6-5-10-21(12-15)17(24)18(3,14-7-8-14)20-13(2)23/h9,11,14-15H,4-8,10,12H2,1-3H3,(H,20,23)/t15-,18-/m0/s1. The molecule has 1 aromatic heterocycles. The number of carbonyl (C=O) groups excluding carboxylic acids is 2. The minimum atomic E-state index is -0.754. The third kappa shape index (κ3) is 3.19. The van der Waals surface area contributed by atoms with Crippen LogP contribution >= 0.6 is 0 Å². The van der Waals surface area contributed by atoms with Crippen LogP contribution in [0.15, 0.2) is 12.4 Å². The van der Waals surface area contributed by atoms with E-state index in [2.05, 4.69) is 21.8 Å². The van der Waals surface area contributed by atoms with Crippen molar-refractivity contribution in [2.75, 3.05) is 13.1 Å². The number of amides is 2. The molecular weight excluding hydrogens is 304 g/mol. The first-order valence-electron chi connectivity index (χ1n) is 9.05. The molecule has 2 fully saturated rings. The number of carbonyl (C=O) groups is 2. The minimum Gasteiger partial charge on any atom is -0.342 e. The van der Waals surface area contributed by atoms with Crippen molar-refractivity contribution in [3.05, 3.63) is 18.2 Å². The summed E-state index contributed by atoms with van der Waals surface area (Å²) < 4.78 is 2.21. The van der Waals surface area contributed by atoms with E-state index in [0.717, 1.165) is 44.5 Å². The summed E-state index contributed by atoms with van der Waals surface area (Å²) in [7, 11) is 0. The molecule has 3 rings (SSSR count). The molecule has 1 aliphatic heterocycles. The molecule has 2 amide bonds. The second kappa shape index (κ2) is 6.57. The molecule has 0 bridgehead atoms. The van der Waals surface area contributed by atoms with Gasteiger partial charge in [-0.2, -0.15) is 0 Å². The van der Waals surface area contributed by atoms with Gasteiger partial charge in [0, 0.05) is 38.8 Å². The first-order chi connectivity index (χ1) is 11.5. The van der Waals surface area contributed by atoms with Crippen LogP contribution in [0.5, 0.6) is 0 Å². The summed E-state index contributed by atoms with van der Waals surface area (Å²) in [5, 5.41) is 2.94. The summed E-state index contributed by atoms with van der Waals surface area (Å²) in [6, 6.07) is 0.279. The van der Waals surface area contributed by atoms with Crippen molar-refractivity contribution in [2.45, 2.75) is 64.5 Å². The molecule has 1 saturated heterocycles. The summed E-state index contributed by atoms with van der Waals surface area (Å²) in [6.07, 6.45) is 8.83. The molecule has 1 aromatic rings. The Bertz CT molecular complexity index is 622. The highest BCUT2D eigenvalue weighted by Gasteiger charge is 2.50. The Morgan fingerprint density at radius 1 is 1.38 bits per heavy atom. The van der Waals surface area contributed by atoms with Crippen LogP contribution in [0.25, 0.3) is 0 Å². The number of likely N-dealkylation sites (tertiary alicyclic amines) is 1. The highest BCUT2D eigenvalue weighted by Crippen LogP contribution is 2.41. The molecule has 0 spiro atoms. The average molecular weight is 332 g/mol. The van der Waals surface area contributed by atoms with Gasteiger partial charge in [0.15, 0.2) is 0 Å². The largest absolute Gasteiger partial charge is 0.342 e. The SMILES string of the molecule is CCc1nccn1[C@H]1CCCN(C(=O)[C@@](C)(NC(C)=O)C2CC2)C1. The van der Waals surface area contributed by atoms with Gasteiger partial charge in [-0.3, -0.25) is 9.59 Å². The van der Waals surface area contributed by atoms with Gasteiger partial charge in [-0.1, -0.05) is 6.92 Å². The van der Waals surface area contributed by atoms with Crippen molar-refractivity contribution in [3.63, 3.8) is 0 Å². The molecule has 0 aromatic carbocycles. The molecule has 6 heteroatoms. The van der Waals surface area contributed by atoms with E-state index < -0.39 is 5.54 Å². The number of nitrogens with one attached hydrogen (secondary N) is 1. The van der Waals surface area contributed by atoms with E-state index in [-0.39, 0.29) is 23.8 Å². The van der Waals surface area contributed by atoms with Gasteiger partial charge in [-0.05, 0) is 38.5 Å². The summed E-state index contributed by atoms with van der Waals surface area (Å²) in [5.74, 6) is 1.28. The van der Waals surface area contributed by atoms with Crippen LogP contribution in [-0.4, -0.2) is 44.9 Å². The zero-order valence-electron chi connectivity index (χ0n) is 14.9. The quantitative estimate of drug-likeness (QED) is 0.896. The van der Waals surface area contributed by atoms with Crippen molar-refractivity contribution in [1.82, 2.24) is 19.8 Å². The van der Waals surface area contributed by atoms with Crippen LogP contribution in [0.3, 0.4) is 0 Å². The van der Waals surface area contributed by atoms with E-state index in [1.165, 1.54) is 6.92 Å². The lowest BCUT2D eigenvalue weighted by Crippen LogP contribution is -2.60.